The molecule has 3 aromatic heterocycles. The first-order valence-electron chi connectivity index (χ1n) is 16.1. The van der Waals surface area contributed by atoms with Crippen molar-refractivity contribution in [3.05, 3.63) is 157 Å². The largest absolute Gasteiger partial charge is 0.456 e. The van der Waals surface area contributed by atoms with E-state index in [9.17, 15) is 10.5 Å². The van der Waals surface area contributed by atoms with Gasteiger partial charge in [-0.1, -0.05) is 72.8 Å². The minimum Gasteiger partial charge on any atom is -0.456 e. The second-order valence-electron chi connectivity index (χ2n) is 12.3. The van der Waals surface area contributed by atoms with E-state index in [1.165, 1.54) is 0 Å². The van der Waals surface area contributed by atoms with Gasteiger partial charge in [0.2, 0.25) is 0 Å². The second kappa shape index (κ2) is 10.2. The van der Waals surface area contributed by atoms with Crippen LogP contribution in [0, 0.1) is 22.7 Å². The van der Waals surface area contributed by atoms with Gasteiger partial charge in [0, 0.05) is 38.1 Å². The summed E-state index contributed by atoms with van der Waals surface area (Å²) in [5.41, 5.74) is 11.3. The predicted octanol–water partition coefficient (Wildman–Crippen LogP) is 11.2. The molecule has 0 radical (unpaired) electrons. The molecule has 0 spiro atoms. The summed E-state index contributed by atoms with van der Waals surface area (Å²) in [6, 6.07) is 54.3. The van der Waals surface area contributed by atoms with E-state index in [4.69, 9.17) is 4.42 Å². The zero-order valence-corrected chi connectivity index (χ0v) is 26.1. The molecule has 10 rings (SSSR count). The lowest BCUT2D eigenvalue weighted by atomic mass is 10.0. The summed E-state index contributed by atoms with van der Waals surface area (Å²) in [6.45, 7) is 0. The molecule has 10 aromatic rings. The van der Waals surface area contributed by atoms with E-state index in [2.05, 4.69) is 112 Å². The van der Waals surface area contributed by atoms with Crippen LogP contribution in [0.5, 0.6) is 0 Å². The zero-order valence-electron chi connectivity index (χ0n) is 26.1. The molecule has 0 saturated carbocycles. The van der Waals surface area contributed by atoms with Crippen LogP contribution in [0.2, 0.25) is 0 Å². The van der Waals surface area contributed by atoms with Gasteiger partial charge in [-0.3, -0.25) is 0 Å². The number of benzene rings is 7. The van der Waals surface area contributed by atoms with Crippen molar-refractivity contribution in [1.82, 2.24) is 9.13 Å². The van der Waals surface area contributed by atoms with Crippen LogP contribution in [-0.2, 0) is 0 Å². The summed E-state index contributed by atoms with van der Waals surface area (Å²) in [5, 5.41) is 25.9. The molecule has 0 aliphatic heterocycles. The number of hydrogen-bond donors (Lipinski definition) is 0. The molecule has 226 valence electrons. The van der Waals surface area contributed by atoms with Crippen LogP contribution in [0.4, 0.5) is 0 Å². The summed E-state index contributed by atoms with van der Waals surface area (Å²) >= 11 is 0. The average Bonchev–Trinajstić information content (AvgIpc) is 3.81. The van der Waals surface area contributed by atoms with Crippen LogP contribution in [0.1, 0.15) is 11.1 Å². The molecule has 0 unspecified atom stereocenters. The Labute approximate surface area is 280 Å². The summed E-state index contributed by atoms with van der Waals surface area (Å²) < 4.78 is 11.0. The normalized spacial score (nSPS) is 11.6. The SMILES string of the molecule is N#Cc1ccc2c(c1)c1ccccc1n2-c1ccccc1-c1ccccc1-n1c2ccc(C#N)cc2c2ccc3oc4ccccc4c3c21. The summed E-state index contributed by atoms with van der Waals surface area (Å²) in [6.07, 6.45) is 0. The summed E-state index contributed by atoms with van der Waals surface area (Å²) in [7, 11) is 0. The van der Waals surface area contributed by atoms with Crippen LogP contribution < -0.4 is 0 Å². The highest BCUT2D eigenvalue weighted by molar-refractivity contribution is 6.25. The lowest BCUT2D eigenvalue weighted by Gasteiger charge is -2.18. The molecule has 0 N–H and O–H groups in total. The molecule has 0 fully saturated rings. The number of furan rings is 1. The third-order valence-electron chi connectivity index (χ3n) is 9.78. The van der Waals surface area contributed by atoms with Crippen molar-refractivity contribution in [2.45, 2.75) is 0 Å². The lowest BCUT2D eigenvalue weighted by molar-refractivity contribution is 0.669. The van der Waals surface area contributed by atoms with E-state index in [-0.39, 0.29) is 0 Å². The van der Waals surface area contributed by atoms with Crippen molar-refractivity contribution in [2.24, 2.45) is 0 Å². The molecule has 0 aliphatic carbocycles. The van der Waals surface area contributed by atoms with E-state index in [0.717, 1.165) is 88.1 Å². The van der Waals surface area contributed by atoms with E-state index >= 15 is 0 Å². The summed E-state index contributed by atoms with van der Waals surface area (Å²) in [5.74, 6) is 0. The minimum atomic E-state index is 0.619. The molecule has 0 bridgehead atoms. The van der Waals surface area contributed by atoms with E-state index in [1.54, 1.807) is 0 Å². The second-order valence-corrected chi connectivity index (χ2v) is 12.3. The molecule has 5 nitrogen and oxygen atoms in total. The predicted molar refractivity (Wildman–Crippen MR) is 197 cm³/mol. The fourth-order valence-electron chi connectivity index (χ4n) is 7.73. The van der Waals surface area contributed by atoms with Gasteiger partial charge in [-0.25, -0.2) is 0 Å². The quantitative estimate of drug-likeness (QED) is 0.196. The highest BCUT2D eigenvalue weighted by atomic mass is 16.3. The first kappa shape index (κ1) is 27.1. The van der Waals surface area contributed by atoms with Gasteiger partial charge in [-0.2, -0.15) is 10.5 Å². The van der Waals surface area contributed by atoms with E-state index in [0.29, 0.717) is 11.1 Å². The third-order valence-corrected chi connectivity index (χ3v) is 9.78. The average molecular weight is 625 g/mol. The molecule has 3 heterocycles. The number of rotatable bonds is 3. The molecule has 0 amide bonds. The van der Waals surface area contributed by atoms with Gasteiger partial charge in [-0.15, -0.1) is 0 Å². The first-order valence-corrected chi connectivity index (χ1v) is 16.1. The Kier molecular flexibility index (Phi) is 5.64. The number of hydrogen-bond acceptors (Lipinski definition) is 3. The van der Waals surface area contributed by atoms with E-state index in [1.807, 2.05) is 54.6 Å². The highest BCUT2D eigenvalue weighted by Gasteiger charge is 2.23. The van der Waals surface area contributed by atoms with Gasteiger partial charge in [0.15, 0.2) is 0 Å². The molecule has 49 heavy (non-hydrogen) atoms. The number of fused-ring (bicyclic) bond motifs is 10. The molecule has 0 aliphatic rings. The van der Waals surface area contributed by atoms with Gasteiger partial charge >= 0.3 is 0 Å². The van der Waals surface area contributed by atoms with Crippen LogP contribution >= 0.6 is 0 Å². The van der Waals surface area contributed by atoms with Crippen molar-refractivity contribution in [3.63, 3.8) is 0 Å². The third kappa shape index (κ3) is 3.79. The van der Waals surface area contributed by atoms with Gasteiger partial charge in [0.25, 0.3) is 0 Å². The van der Waals surface area contributed by atoms with Crippen LogP contribution in [0.15, 0.2) is 150 Å². The van der Waals surface area contributed by atoms with Crippen molar-refractivity contribution < 1.29 is 4.42 Å². The smallest absolute Gasteiger partial charge is 0.137 e. The Morgan fingerprint density at radius 1 is 0.429 bits per heavy atom. The zero-order chi connectivity index (χ0) is 32.6. The van der Waals surface area contributed by atoms with Crippen molar-refractivity contribution in [3.8, 4) is 34.6 Å². The maximum absolute atomic E-state index is 9.88. The maximum atomic E-state index is 9.88. The van der Waals surface area contributed by atoms with Gasteiger partial charge in [-0.05, 0) is 72.8 Å². The van der Waals surface area contributed by atoms with Gasteiger partial charge in [0.05, 0.1) is 62.1 Å². The van der Waals surface area contributed by atoms with Gasteiger partial charge in [0.1, 0.15) is 11.2 Å². The fraction of sp³-hybridized carbons (Fsp3) is 0. The Morgan fingerprint density at radius 2 is 0.980 bits per heavy atom. The molecule has 5 heteroatoms. The first-order chi connectivity index (χ1) is 24.2. The Morgan fingerprint density at radius 3 is 1.69 bits per heavy atom. The van der Waals surface area contributed by atoms with Crippen molar-refractivity contribution in [1.29, 1.82) is 10.5 Å². The minimum absolute atomic E-state index is 0.619. The van der Waals surface area contributed by atoms with Crippen LogP contribution in [-0.4, -0.2) is 9.13 Å². The molecular weight excluding hydrogens is 601 g/mol. The molecule has 7 aromatic carbocycles. The number of aromatic nitrogens is 2. The number of para-hydroxylation sites is 4. The van der Waals surface area contributed by atoms with E-state index < -0.39 is 0 Å². The lowest BCUT2D eigenvalue weighted by Crippen LogP contribution is -2.01. The monoisotopic (exact) mass is 624 g/mol. The van der Waals surface area contributed by atoms with Crippen LogP contribution in [0.3, 0.4) is 0 Å². The Balaban J connectivity index is 1.33. The molecule has 0 saturated heterocycles. The van der Waals surface area contributed by atoms with Crippen molar-refractivity contribution >= 4 is 65.6 Å². The Hall–Kier alpha value is -7.08. The Bertz CT molecular complexity index is 3090. The number of nitrogens with zero attached hydrogens (tertiary/aromatic N) is 4. The summed E-state index contributed by atoms with van der Waals surface area (Å²) in [4.78, 5) is 0. The van der Waals surface area contributed by atoms with Crippen LogP contribution in [0.25, 0.3) is 88.1 Å². The number of nitriles is 2. The molecular formula is C44H24N4O. The molecule has 0 atom stereocenters. The topological polar surface area (TPSA) is 70.6 Å². The standard InChI is InChI=1S/C44H24N4O/c45-25-27-17-20-39-34(23-27)31-11-3-6-14-37(31)47(39)36-13-5-1-9-29(36)30-10-2-7-15-38(30)48-40-21-18-28(26-46)24-35(40)32-19-22-42-43(44(32)48)33-12-4-8-16-41(33)49-42/h1-24H. The van der Waals surface area contributed by atoms with Crippen molar-refractivity contribution in [2.75, 3.05) is 0 Å². The fourth-order valence-corrected chi connectivity index (χ4v) is 7.73. The highest BCUT2D eigenvalue weighted by Crippen LogP contribution is 2.44. The maximum Gasteiger partial charge on any atom is 0.137 e. The van der Waals surface area contributed by atoms with Gasteiger partial charge < -0.3 is 13.6 Å².